The monoisotopic (exact) mass is 287 g/mol. The Kier molecular flexibility index (Phi) is 5.44. The fraction of sp³-hybridized carbons (Fsp3) is 0.562. The highest BCUT2D eigenvalue weighted by atomic mass is 15.4. The Hall–Kier alpha value is -1.75. The number of hydrogen-bond donors (Lipinski definition) is 1. The number of rotatable bonds is 7. The number of hydrogen-bond acceptors (Lipinski definition) is 4. The van der Waals surface area contributed by atoms with Gasteiger partial charge in [0.1, 0.15) is 5.82 Å². The molecule has 0 aromatic carbocycles. The normalized spacial score (nSPS) is 11.0. The van der Waals surface area contributed by atoms with Crippen molar-refractivity contribution in [2.45, 2.75) is 53.5 Å². The molecule has 5 heteroatoms. The summed E-state index contributed by atoms with van der Waals surface area (Å²) in [6, 6.07) is 2.09. The summed E-state index contributed by atoms with van der Waals surface area (Å²) in [6.07, 6.45) is 4.79. The smallest absolute Gasteiger partial charge is 0.151 e. The lowest BCUT2D eigenvalue weighted by Crippen LogP contribution is -2.17. The van der Waals surface area contributed by atoms with Gasteiger partial charge in [-0.2, -0.15) is 5.10 Å². The molecule has 0 radical (unpaired) electrons. The van der Waals surface area contributed by atoms with Crippen LogP contribution in [0.5, 0.6) is 0 Å². The summed E-state index contributed by atoms with van der Waals surface area (Å²) in [5.74, 6) is 1.91. The van der Waals surface area contributed by atoms with E-state index in [0.717, 1.165) is 60.9 Å². The third-order valence-corrected chi connectivity index (χ3v) is 3.42. The maximum atomic E-state index is 4.65. The Morgan fingerprint density at radius 1 is 1.19 bits per heavy atom. The topological polar surface area (TPSA) is 55.6 Å². The molecule has 0 spiro atoms. The molecule has 0 bridgehead atoms. The van der Waals surface area contributed by atoms with E-state index in [1.54, 1.807) is 0 Å². The van der Waals surface area contributed by atoms with Crippen LogP contribution in [0.1, 0.15) is 50.1 Å². The molecule has 1 N–H and O–H groups in total. The highest BCUT2D eigenvalue weighted by Gasteiger charge is 2.13. The van der Waals surface area contributed by atoms with Gasteiger partial charge in [-0.15, -0.1) is 0 Å². The van der Waals surface area contributed by atoms with Crippen LogP contribution in [-0.2, 0) is 19.4 Å². The molecular weight excluding hydrogens is 262 g/mol. The molecule has 0 amide bonds. The van der Waals surface area contributed by atoms with E-state index < -0.39 is 0 Å². The summed E-state index contributed by atoms with van der Waals surface area (Å²) in [7, 11) is 0. The van der Waals surface area contributed by atoms with Gasteiger partial charge >= 0.3 is 0 Å². The molecule has 21 heavy (non-hydrogen) atoms. The third-order valence-electron chi connectivity index (χ3n) is 3.42. The largest absolute Gasteiger partial charge is 0.313 e. The van der Waals surface area contributed by atoms with Gasteiger partial charge in [0.05, 0.1) is 5.69 Å². The highest BCUT2D eigenvalue weighted by Crippen LogP contribution is 2.17. The summed E-state index contributed by atoms with van der Waals surface area (Å²) < 4.78 is 1.98. The Bertz CT molecular complexity index is 588. The van der Waals surface area contributed by atoms with Gasteiger partial charge in [0, 0.05) is 36.8 Å². The first kappa shape index (κ1) is 15.6. The molecule has 114 valence electrons. The molecule has 0 saturated heterocycles. The second-order valence-electron chi connectivity index (χ2n) is 5.19. The van der Waals surface area contributed by atoms with Gasteiger partial charge in [-0.1, -0.05) is 20.8 Å². The number of pyridine rings is 1. The molecule has 2 aromatic heterocycles. The Labute approximate surface area is 126 Å². The maximum absolute atomic E-state index is 4.65. The number of nitrogens with one attached hydrogen (secondary N) is 1. The summed E-state index contributed by atoms with van der Waals surface area (Å²) in [5, 5.41) is 8.09. The highest BCUT2D eigenvalue weighted by molar-refractivity contribution is 5.40. The lowest BCUT2D eigenvalue weighted by atomic mass is 10.2. The average Bonchev–Trinajstić information content (AvgIpc) is 2.92. The standard InChI is InChI=1S/C16H25N5/c1-5-8-17-10-13-11-18-12(4)9-14(13)21-16(7-3)19-15(6-2)20-21/h9,11,17H,5-8,10H2,1-4H3. The molecule has 2 aromatic rings. The van der Waals surface area contributed by atoms with Crippen LogP contribution < -0.4 is 5.32 Å². The molecule has 2 heterocycles. The molecule has 5 nitrogen and oxygen atoms in total. The zero-order chi connectivity index (χ0) is 15.2. The SMILES string of the molecule is CCCNCc1cnc(C)cc1-n1nc(CC)nc1CC. The van der Waals surface area contributed by atoms with Crippen LogP contribution in [0, 0.1) is 6.92 Å². The van der Waals surface area contributed by atoms with Crippen LogP contribution in [0.25, 0.3) is 5.69 Å². The Morgan fingerprint density at radius 3 is 2.67 bits per heavy atom. The summed E-state index contributed by atoms with van der Waals surface area (Å²) in [5.41, 5.74) is 3.26. The van der Waals surface area contributed by atoms with Gasteiger partial charge < -0.3 is 5.32 Å². The van der Waals surface area contributed by atoms with E-state index in [2.05, 4.69) is 47.2 Å². The molecule has 2 rings (SSSR count). The van der Waals surface area contributed by atoms with Gasteiger partial charge in [0.15, 0.2) is 5.82 Å². The van der Waals surface area contributed by atoms with Crippen LogP contribution in [0.4, 0.5) is 0 Å². The second-order valence-corrected chi connectivity index (χ2v) is 5.19. The van der Waals surface area contributed by atoms with Gasteiger partial charge in [-0.3, -0.25) is 4.98 Å². The molecule has 0 fully saturated rings. The fourth-order valence-corrected chi connectivity index (χ4v) is 2.27. The van der Waals surface area contributed by atoms with Gasteiger partial charge in [-0.25, -0.2) is 9.67 Å². The third kappa shape index (κ3) is 3.67. The van der Waals surface area contributed by atoms with Crippen molar-refractivity contribution in [1.29, 1.82) is 0 Å². The van der Waals surface area contributed by atoms with Crippen molar-refractivity contribution in [2.24, 2.45) is 0 Å². The van der Waals surface area contributed by atoms with E-state index in [-0.39, 0.29) is 0 Å². The van der Waals surface area contributed by atoms with E-state index >= 15 is 0 Å². The molecule has 0 saturated carbocycles. The Morgan fingerprint density at radius 2 is 2.00 bits per heavy atom. The first-order valence-corrected chi connectivity index (χ1v) is 7.80. The Balaban J connectivity index is 2.41. The van der Waals surface area contributed by atoms with Crippen molar-refractivity contribution < 1.29 is 0 Å². The van der Waals surface area contributed by atoms with Crippen molar-refractivity contribution >= 4 is 0 Å². The summed E-state index contributed by atoms with van der Waals surface area (Å²) in [6.45, 7) is 10.2. The van der Waals surface area contributed by atoms with Gasteiger partial charge in [0.2, 0.25) is 0 Å². The quantitative estimate of drug-likeness (QED) is 0.795. The zero-order valence-electron chi connectivity index (χ0n) is 13.5. The molecular formula is C16H25N5. The number of aromatic nitrogens is 4. The first-order chi connectivity index (χ1) is 10.2. The van der Waals surface area contributed by atoms with Crippen molar-refractivity contribution in [3.8, 4) is 5.69 Å². The zero-order valence-corrected chi connectivity index (χ0v) is 13.5. The van der Waals surface area contributed by atoms with Crippen molar-refractivity contribution in [1.82, 2.24) is 25.1 Å². The van der Waals surface area contributed by atoms with Gasteiger partial charge in [0.25, 0.3) is 0 Å². The minimum Gasteiger partial charge on any atom is -0.313 e. The molecule has 0 unspecified atom stereocenters. The van der Waals surface area contributed by atoms with Crippen LogP contribution in [-0.4, -0.2) is 26.3 Å². The van der Waals surface area contributed by atoms with Crippen LogP contribution in [0.3, 0.4) is 0 Å². The summed E-state index contributed by atoms with van der Waals surface area (Å²) in [4.78, 5) is 9.03. The van der Waals surface area contributed by atoms with Crippen molar-refractivity contribution in [3.05, 3.63) is 35.2 Å². The molecule has 0 aliphatic carbocycles. The molecule has 0 aliphatic heterocycles. The van der Waals surface area contributed by atoms with Gasteiger partial charge in [-0.05, 0) is 26.0 Å². The average molecular weight is 287 g/mol. The minimum absolute atomic E-state index is 0.806. The predicted octanol–water partition coefficient (Wildman–Crippen LogP) is 2.60. The van der Waals surface area contributed by atoms with Crippen molar-refractivity contribution in [2.75, 3.05) is 6.54 Å². The predicted molar refractivity (Wildman–Crippen MR) is 84.6 cm³/mol. The van der Waals surface area contributed by atoms with E-state index in [4.69, 9.17) is 0 Å². The number of nitrogens with zero attached hydrogens (tertiary/aromatic N) is 4. The maximum Gasteiger partial charge on any atom is 0.151 e. The molecule has 0 atom stereocenters. The van der Waals surface area contributed by atoms with E-state index in [0.29, 0.717) is 0 Å². The van der Waals surface area contributed by atoms with Crippen LogP contribution in [0.2, 0.25) is 0 Å². The number of aryl methyl sites for hydroxylation is 3. The van der Waals surface area contributed by atoms with E-state index in [9.17, 15) is 0 Å². The minimum atomic E-state index is 0.806. The lowest BCUT2D eigenvalue weighted by molar-refractivity contribution is 0.665. The van der Waals surface area contributed by atoms with E-state index in [1.165, 1.54) is 0 Å². The second kappa shape index (κ2) is 7.31. The van der Waals surface area contributed by atoms with Crippen molar-refractivity contribution in [3.63, 3.8) is 0 Å². The first-order valence-electron chi connectivity index (χ1n) is 7.80. The van der Waals surface area contributed by atoms with Crippen LogP contribution in [0.15, 0.2) is 12.3 Å². The fourth-order valence-electron chi connectivity index (χ4n) is 2.27. The van der Waals surface area contributed by atoms with E-state index in [1.807, 2.05) is 17.8 Å². The van der Waals surface area contributed by atoms with Crippen LogP contribution >= 0.6 is 0 Å². The lowest BCUT2D eigenvalue weighted by Gasteiger charge is -2.12. The molecule has 0 aliphatic rings. The summed E-state index contributed by atoms with van der Waals surface area (Å²) >= 11 is 0.